The lowest BCUT2D eigenvalue weighted by Crippen LogP contribution is -2.28. The molecule has 124 valence electrons. The van der Waals surface area contributed by atoms with E-state index in [9.17, 15) is 0 Å². The maximum absolute atomic E-state index is 5.91. The zero-order chi connectivity index (χ0) is 15.2. The molecule has 0 radical (unpaired) electrons. The number of hydrogen-bond donors (Lipinski definition) is 1. The molecule has 23 heavy (non-hydrogen) atoms. The lowest BCUT2D eigenvalue weighted by atomic mass is 10.2. The summed E-state index contributed by atoms with van der Waals surface area (Å²) in [5, 5.41) is 3.45. The highest BCUT2D eigenvalue weighted by Gasteiger charge is 2.15. The van der Waals surface area contributed by atoms with Crippen LogP contribution in [-0.4, -0.2) is 30.7 Å². The SMILES string of the molecule is CCN(c1ccccc1)c1cncc(OC[C@@H]2CCCN2)c1.Cl. The predicted octanol–water partition coefficient (Wildman–Crippen LogP) is 3.79. The van der Waals surface area contributed by atoms with E-state index in [4.69, 9.17) is 4.74 Å². The van der Waals surface area contributed by atoms with E-state index in [1.165, 1.54) is 18.5 Å². The zero-order valence-corrected chi connectivity index (χ0v) is 14.3. The van der Waals surface area contributed by atoms with Crippen LogP contribution < -0.4 is 15.0 Å². The van der Waals surface area contributed by atoms with E-state index < -0.39 is 0 Å². The average Bonchev–Trinajstić information content (AvgIpc) is 3.09. The van der Waals surface area contributed by atoms with E-state index in [-0.39, 0.29) is 12.4 Å². The van der Waals surface area contributed by atoms with Crippen molar-refractivity contribution in [3.05, 3.63) is 48.8 Å². The van der Waals surface area contributed by atoms with Gasteiger partial charge in [-0.2, -0.15) is 0 Å². The van der Waals surface area contributed by atoms with Gasteiger partial charge < -0.3 is 15.0 Å². The zero-order valence-electron chi connectivity index (χ0n) is 13.4. The topological polar surface area (TPSA) is 37.4 Å². The number of halogens is 1. The maximum Gasteiger partial charge on any atom is 0.139 e. The van der Waals surface area contributed by atoms with Gasteiger partial charge in [0.1, 0.15) is 12.4 Å². The summed E-state index contributed by atoms with van der Waals surface area (Å²) in [6.45, 7) is 4.84. The minimum absolute atomic E-state index is 0. The van der Waals surface area contributed by atoms with Gasteiger partial charge in [-0.3, -0.25) is 4.98 Å². The molecule has 2 aromatic rings. The first-order chi connectivity index (χ1) is 10.9. The normalized spacial score (nSPS) is 16.7. The van der Waals surface area contributed by atoms with Crippen LogP contribution in [0, 0.1) is 0 Å². The Hall–Kier alpha value is -1.78. The molecule has 0 amide bonds. The quantitative estimate of drug-likeness (QED) is 0.872. The highest BCUT2D eigenvalue weighted by atomic mass is 35.5. The molecular formula is C18H24ClN3O. The van der Waals surface area contributed by atoms with E-state index in [0.29, 0.717) is 12.6 Å². The minimum atomic E-state index is 0. The molecule has 0 unspecified atom stereocenters. The van der Waals surface area contributed by atoms with Crippen LogP contribution in [0.2, 0.25) is 0 Å². The van der Waals surface area contributed by atoms with Crippen molar-refractivity contribution in [3.63, 3.8) is 0 Å². The number of nitrogens with zero attached hydrogens (tertiary/aromatic N) is 2. The molecule has 1 aliphatic heterocycles. The first-order valence-electron chi connectivity index (χ1n) is 8.00. The molecular weight excluding hydrogens is 310 g/mol. The highest BCUT2D eigenvalue weighted by Crippen LogP contribution is 2.27. The first-order valence-corrected chi connectivity index (χ1v) is 8.00. The van der Waals surface area contributed by atoms with Gasteiger partial charge in [0.2, 0.25) is 0 Å². The van der Waals surface area contributed by atoms with Crippen molar-refractivity contribution >= 4 is 23.8 Å². The fourth-order valence-corrected chi connectivity index (χ4v) is 2.85. The van der Waals surface area contributed by atoms with Crippen LogP contribution in [0.3, 0.4) is 0 Å². The van der Waals surface area contributed by atoms with Gasteiger partial charge in [-0.15, -0.1) is 12.4 Å². The third-order valence-electron chi connectivity index (χ3n) is 4.01. The summed E-state index contributed by atoms with van der Waals surface area (Å²) >= 11 is 0. The molecule has 2 heterocycles. The molecule has 1 aliphatic rings. The third kappa shape index (κ3) is 4.60. The fraction of sp³-hybridized carbons (Fsp3) is 0.389. The highest BCUT2D eigenvalue weighted by molar-refractivity contribution is 5.85. The first kappa shape index (κ1) is 17.6. The van der Waals surface area contributed by atoms with Crippen molar-refractivity contribution in [3.8, 4) is 5.75 Å². The van der Waals surface area contributed by atoms with Crippen molar-refractivity contribution in [2.75, 3.05) is 24.6 Å². The van der Waals surface area contributed by atoms with E-state index in [1.807, 2.05) is 12.3 Å². The molecule has 1 aromatic carbocycles. The number of benzene rings is 1. The van der Waals surface area contributed by atoms with Crippen LogP contribution in [0.15, 0.2) is 48.8 Å². The van der Waals surface area contributed by atoms with Crippen LogP contribution in [-0.2, 0) is 0 Å². The van der Waals surface area contributed by atoms with Crippen molar-refractivity contribution in [1.29, 1.82) is 0 Å². The molecule has 3 rings (SSSR count). The Kier molecular flexibility index (Phi) is 6.68. The van der Waals surface area contributed by atoms with E-state index in [2.05, 4.69) is 52.5 Å². The number of hydrogen-bond acceptors (Lipinski definition) is 4. The Bertz CT molecular complexity index is 588. The lowest BCUT2D eigenvalue weighted by molar-refractivity contribution is 0.276. The predicted molar refractivity (Wildman–Crippen MR) is 97.1 cm³/mol. The summed E-state index contributed by atoms with van der Waals surface area (Å²) in [5.41, 5.74) is 2.23. The smallest absolute Gasteiger partial charge is 0.139 e. The fourth-order valence-electron chi connectivity index (χ4n) is 2.85. The van der Waals surface area contributed by atoms with Gasteiger partial charge in [-0.05, 0) is 38.4 Å². The van der Waals surface area contributed by atoms with E-state index in [1.54, 1.807) is 6.20 Å². The summed E-state index contributed by atoms with van der Waals surface area (Å²) in [6, 6.07) is 12.9. The van der Waals surface area contributed by atoms with Crippen LogP contribution in [0.25, 0.3) is 0 Å². The van der Waals surface area contributed by atoms with E-state index in [0.717, 1.165) is 24.5 Å². The molecule has 0 saturated carbocycles. The van der Waals surface area contributed by atoms with Crippen LogP contribution in [0.4, 0.5) is 11.4 Å². The van der Waals surface area contributed by atoms with Gasteiger partial charge >= 0.3 is 0 Å². The Morgan fingerprint density at radius 3 is 2.74 bits per heavy atom. The van der Waals surface area contributed by atoms with Crippen molar-refractivity contribution < 1.29 is 4.74 Å². The molecule has 1 N–H and O–H groups in total. The van der Waals surface area contributed by atoms with Crippen molar-refractivity contribution in [1.82, 2.24) is 10.3 Å². The third-order valence-corrected chi connectivity index (χ3v) is 4.01. The Morgan fingerprint density at radius 1 is 1.22 bits per heavy atom. The number of nitrogens with one attached hydrogen (secondary N) is 1. The van der Waals surface area contributed by atoms with Gasteiger partial charge in [-0.1, -0.05) is 18.2 Å². The Labute approximate surface area is 144 Å². The number of para-hydroxylation sites is 1. The summed E-state index contributed by atoms with van der Waals surface area (Å²) in [5.74, 6) is 0.834. The number of ether oxygens (including phenoxy) is 1. The number of rotatable bonds is 6. The lowest BCUT2D eigenvalue weighted by Gasteiger charge is -2.23. The average molecular weight is 334 g/mol. The maximum atomic E-state index is 5.91. The standard InChI is InChI=1S/C18H23N3O.ClH/c1-2-21(16-8-4-3-5-9-16)17-11-18(13-19-12-17)22-14-15-7-6-10-20-15;/h3-5,8-9,11-13,15,20H,2,6-7,10,14H2,1H3;1H/t15-;/m0./s1. The molecule has 4 nitrogen and oxygen atoms in total. The molecule has 5 heteroatoms. The van der Waals surface area contributed by atoms with Crippen LogP contribution in [0.1, 0.15) is 19.8 Å². The van der Waals surface area contributed by atoms with Crippen molar-refractivity contribution in [2.45, 2.75) is 25.8 Å². The molecule has 1 atom stereocenters. The Morgan fingerprint density at radius 2 is 2.04 bits per heavy atom. The number of anilines is 2. The summed E-state index contributed by atoms with van der Waals surface area (Å²) in [4.78, 5) is 6.57. The number of pyridine rings is 1. The van der Waals surface area contributed by atoms with Gasteiger partial charge in [0, 0.05) is 24.3 Å². The molecule has 1 aromatic heterocycles. The molecule has 1 saturated heterocycles. The van der Waals surface area contributed by atoms with E-state index >= 15 is 0 Å². The second kappa shape index (κ2) is 8.75. The Balaban J connectivity index is 0.00000192. The molecule has 0 aliphatic carbocycles. The summed E-state index contributed by atoms with van der Waals surface area (Å²) in [7, 11) is 0. The molecule has 0 bridgehead atoms. The monoisotopic (exact) mass is 333 g/mol. The largest absolute Gasteiger partial charge is 0.490 e. The van der Waals surface area contributed by atoms with Gasteiger partial charge in [0.15, 0.2) is 0 Å². The van der Waals surface area contributed by atoms with Crippen molar-refractivity contribution in [2.24, 2.45) is 0 Å². The van der Waals surface area contributed by atoms with Crippen LogP contribution in [0.5, 0.6) is 5.75 Å². The molecule has 1 fully saturated rings. The molecule has 0 spiro atoms. The second-order valence-corrected chi connectivity index (χ2v) is 5.56. The summed E-state index contributed by atoms with van der Waals surface area (Å²) < 4.78 is 5.91. The minimum Gasteiger partial charge on any atom is -0.490 e. The second-order valence-electron chi connectivity index (χ2n) is 5.56. The van der Waals surface area contributed by atoms with Gasteiger partial charge in [-0.25, -0.2) is 0 Å². The van der Waals surface area contributed by atoms with Gasteiger partial charge in [0.05, 0.1) is 18.1 Å². The van der Waals surface area contributed by atoms with Crippen LogP contribution >= 0.6 is 12.4 Å². The number of aromatic nitrogens is 1. The summed E-state index contributed by atoms with van der Waals surface area (Å²) in [6.07, 6.45) is 6.11. The van der Waals surface area contributed by atoms with Gasteiger partial charge in [0.25, 0.3) is 0 Å².